The number of hydrogen-bond donors (Lipinski definition) is 0. The second-order valence-electron chi connectivity index (χ2n) is 7.23. The molecule has 1 saturated heterocycles. The smallest absolute Gasteiger partial charge is 0.223 e. The van der Waals surface area contributed by atoms with Crippen molar-refractivity contribution in [2.45, 2.75) is 30.8 Å². The molecule has 1 amide bonds. The summed E-state index contributed by atoms with van der Waals surface area (Å²) in [6.45, 7) is 2.51. The lowest BCUT2D eigenvalue weighted by atomic mass is 9.99. The fourth-order valence-corrected chi connectivity index (χ4v) is 4.72. The zero-order valence-electron chi connectivity index (χ0n) is 16.0. The van der Waals surface area contributed by atoms with E-state index in [1.54, 1.807) is 35.2 Å². The fraction of sp³-hybridized carbons (Fsp3) is 0.409. The third kappa shape index (κ3) is 5.91. The van der Waals surface area contributed by atoms with Gasteiger partial charge in [-0.2, -0.15) is 0 Å². The van der Waals surface area contributed by atoms with Gasteiger partial charge < -0.3 is 9.64 Å². The molecule has 0 aliphatic carbocycles. The van der Waals surface area contributed by atoms with Crippen molar-refractivity contribution < 1.29 is 17.9 Å². The quantitative estimate of drug-likeness (QED) is 0.681. The first-order valence-electron chi connectivity index (χ1n) is 9.72. The first kappa shape index (κ1) is 20.6. The molecule has 1 fully saturated rings. The topological polar surface area (TPSA) is 63.7 Å². The van der Waals surface area contributed by atoms with Crippen LogP contribution in [0, 0.1) is 5.92 Å². The summed E-state index contributed by atoms with van der Waals surface area (Å²) in [7, 11) is -3.42. The lowest BCUT2D eigenvalue weighted by Gasteiger charge is -2.32. The second kappa shape index (κ2) is 9.85. The fourth-order valence-electron chi connectivity index (χ4n) is 3.47. The van der Waals surface area contributed by atoms with Crippen LogP contribution in [0.4, 0.5) is 0 Å². The number of rotatable bonds is 8. The Morgan fingerprint density at radius 2 is 1.71 bits per heavy atom. The van der Waals surface area contributed by atoms with Crippen LogP contribution in [0.15, 0.2) is 65.6 Å². The van der Waals surface area contributed by atoms with Gasteiger partial charge in [-0.25, -0.2) is 8.42 Å². The lowest BCUT2D eigenvalue weighted by molar-refractivity contribution is -0.133. The number of sulfone groups is 1. The van der Waals surface area contributed by atoms with Crippen molar-refractivity contribution in [2.24, 2.45) is 5.92 Å². The van der Waals surface area contributed by atoms with Gasteiger partial charge in [-0.1, -0.05) is 48.5 Å². The van der Waals surface area contributed by atoms with Crippen LogP contribution in [0.3, 0.4) is 0 Å². The van der Waals surface area contributed by atoms with Crippen LogP contribution in [0.2, 0.25) is 0 Å². The summed E-state index contributed by atoms with van der Waals surface area (Å²) in [6, 6.07) is 18.3. The molecular formula is C22H27NO4S. The number of ether oxygens (including phenoxy) is 1. The minimum absolute atomic E-state index is 0.0226. The van der Waals surface area contributed by atoms with Crippen molar-refractivity contribution in [1.82, 2.24) is 4.90 Å². The van der Waals surface area contributed by atoms with Crippen molar-refractivity contribution in [3.05, 3.63) is 66.2 Å². The molecule has 28 heavy (non-hydrogen) atoms. The minimum atomic E-state index is -3.42. The average Bonchev–Trinajstić information content (AvgIpc) is 2.74. The van der Waals surface area contributed by atoms with Gasteiger partial charge in [0.1, 0.15) is 0 Å². The molecule has 0 N–H and O–H groups in total. The summed E-state index contributed by atoms with van der Waals surface area (Å²) in [6.07, 6.45) is 1.98. The first-order chi connectivity index (χ1) is 13.5. The Morgan fingerprint density at radius 1 is 1.04 bits per heavy atom. The minimum Gasteiger partial charge on any atom is -0.376 e. The van der Waals surface area contributed by atoms with E-state index in [0.717, 1.165) is 18.4 Å². The molecule has 5 nitrogen and oxygen atoms in total. The highest BCUT2D eigenvalue weighted by Gasteiger charge is 2.25. The van der Waals surface area contributed by atoms with Crippen LogP contribution >= 0.6 is 0 Å². The van der Waals surface area contributed by atoms with E-state index in [4.69, 9.17) is 4.74 Å². The van der Waals surface area contributed by atoms with E-state index in [1.807, 2.05) is 30.3 Å². The Balaban J connectivity index is 1.45. The van der Waals surface area contributed by atoms with Crippen LogP contribution in [-0.2, 0) is 26.0 Å². The van der Waals surface area contributed by atoms with Crippen molar-refractivity contribution in [1.29, 1.82) is 0 Å². The van der Waals surface area contributed by atoms with Gasteiger partial charge in [0.2, 0.25) is 5.91 Å². The highest BCUT2D eigenvalue weighted by Crippen LogP contribution is 2.19. The largest absolute Gasteiger partial charge is 0.376 e. The molecule has 0 spiro atoms. The van der Waals surface area contributed by atoms with Crippen LogP contribution in [0.5, 0.6) is 0 Å². The van der Waals surface area contributed by atoms with Crippen LogP contribution < -0.4 is 0 Å². The van der Waals surface area contributed by atoms with Gasteiger partial charge in [-0.3, -0.25) is 4.79 Å². The molecule has 0 saturated carbocycles. The molecule has 1 atom stereocenters. The number of benzene rings is 2. The van der Waals surface area contributed by atoms with Gasteiger partial charge in [0, 0.05) is 19.5 Å². The molecule has 0 radical (unpaired) electrons. The maximum absolute atomic E-state index is 12.5. The molecule has 1 unspecified atom stereocenters. The lowest BCUT2D eigenvalue weighted by Crippen LogP contribution is -2.41. The van der Waals surface area contributed by atoms with E-state index in [2.05, 4.69) is 0 Å². The van der Waals surface area contributed by atoms with Gasteiger partial charge in [-0.15, -0.1) is 0 Å². The van der Waals surface area contributed by atoms with Crippen LogP contribution in [0.1, 0.15) is 24.8 Å². The van der Waals surface area contributed by atoms with Gasteiger partial charge in [0.25, 0.3) is 0 Å². The van der Waals surface area contributed by atoms with Crippen molar-refractivity contribution in [2.75, 3.05) is 25.4 Å². The maximum Gasteiger partial charge on any atom is 0.223 e. The van der Waals surface area contributed by atoms with E-state index >= 15 is 0 Å². The number of amides is 1. The van der Waals surface area contributed by atoms with Gasteiger partial charge in [-0.05, 0) is 36.5 Å². The number of carbonyl (C=O) groups excluding carboxylic acids is 1. The number of nitrogens with zero attached hydrogens (tertiary/aromatic N) is 1. The number of hydrogen-bond acceptors (Lipinski definition) is 4. The molecule has 3 rings (SSSR count). The third-order valence-corrected chi connectivity index (χ3v) is 6.76. The van der Waals surface area contributed by atoms with E-state index < -0.39 is 9.84 Å². The van der Waals surface area contributed by atoms with E-state index in [9.17, 15) is 13.2 Å². The summed E-state index contributed by atoms with van der Waals surface area (Å²) >= 11 is 0. The van der Waals surface area contributed by atoms with Gasteiger partial charge in [0.05, 0.1) is 23.9 Å². The maximum atomic E-state index is 12.5. The third-order valence-electron chi connectivity index (χ3n) is 5.02. The SMILES string of the molecule is O=C(CCS(=O)(=O)c1ccccc1)N1CCCC(COCc2ccccc2)C1. The summed E-state index contributed by atoms with van der Waals surface area (Å²) in [4.78, 5) is 14.6. The monoisotopic (exact) mass is 401 g/mol. The molecule has 2 aromatic carbocycles. The highest BCUT2D eigenvalue weighted by atomic mass is 32.2. The number of carbonyl (C=O) groups is 1. The predicted molar refractivity (Wildman–Crippen MR) is 109 cm³/mol. The molecule has 6 heteroatoms. The average molecular weight is 402 g/mol. The number of piperidine rings is 1. The van der Waals surface area contributed by atoms with Crippen molar-refractivity contribution in [3.8, 4) is 0 Å². The molecule has 150 valence electrons. The number of likely N-dealkylation sites (tertiary alicyclic amines) is 1. The first-order valence-corrected chi connectivity index (χ1v) is 11.4. The summed E-state index contributed by atoms with van der Waals surface area (Å²) in [5.41, 5.74) is 1.14. The molecule has 1 aliphatic heterocycles. The Hall–Kier alpha value is -2.18. The molecule has 0 aromatic heterocycles. The van der Waals surface area contributed by atoms with E-state index in [1.165, 1.54) is 0 Å². The molecule has 1 aliphatic rings. The van der Waals surface area contributed by atoms with Crippen molar-refractivity contribution >= 4 is 15.7 Å². The Bertz CT molecular complexity index is 853. The summed E-state index contributed by atoms with van der Waals surface area (Å²) < 4.78 is 30.6. The molecule has 0 bridgehead atoms. The molecule has 1 heterocycles. The molecular weight excluding hydrogens is 374 g/mol. The van der Waals surface area contributed by atoms with E-state index in [-0.39, 0.29) is 23.0 Å². The predicted octanol–water partition coefficient (Wildman–Crippen LogP) is 3.31. The summed E-state index contributed by atoms with van der Waals surface area (Å²) in [5, 5.41) is 0. The Kier molecular flexibility index (Phi) is 7.23. The Morgan fingerprint density at radius 3 is 2.43 bits per heavy atom. The highest BCUT2D eigenvalue weighted by molar-refractivity contribution is 7.91. The standard InChI is InChI=1S/C22H27NO4S/c24-22(13-15-28(25,26)21-11-5-2-6-12-21)23-14-7-10-20(16-23)18-27-17-19-8-3-1-4-9-19/h1-6,8-9,11-12,20H,7,10,13-18H2. The van der Waals surface area contributed by atoms with Crippen molar-refractivity contribution in [3.63, 3.8) is 0 Å². The Labute approximate surface area is 167 Å². The van der Waals surface area contributed by atoms with Gasteiger partial charge in [0.15, 0.2) is 9.84 Å². The van der Waals surface area contributed by atoms with Crippen LogP contribution in [0.25, 0.3) is 0 Å². The molecule has 2 aromatic rings. The second-order valence-corrected chi connectivity index (χ2v) is 9.34. The normalized spacial score (nSPS) is 17.4. The zero-order valence-corrected chi connectivity index (χ0v) is 16.8. The summed E-state index contributed by atoms with van der Waals surface area (Å²) in [5.74, 6) is 0.0565. The van der Waals surface area contributed by atoms with E-state index in [0.29, 0.717) is 32.2 Å². The zero-order chi connectivity index (χ0) is 19.8. The van der Waals surface area contributed by atoms with Crippen LogP contribution in [-0.4, -0.2) is 44.7 Å². The van der Waals surface area contributed by atoms with Gasteiger partial charge >= 0.3 is 0 Å².